The van der Waals surface area contributed by atoms with Crippen LogP contribution in [0.25, 0.3) is 0 Å². The maximum absolute atomic E-state index is 13.1. The van der Waals surface area contributed by atoms with Crippen LogP contribution in [0.5, 0.6) is 5.75 Å². The average Bonchev–Trinajstić information content (AvgIpc) is 2.17. The van der Waals surface area contributed by atoms with E-state index in [1.165, 1.54) is 0 Å². The van der Waals surface area contributed by atoms with Crippen LogP contribution in [-0.2, 0) is 6.54 Å². The topological polar surface area (TPSA) is 21.3 Å². The molecule has 1 N–H and O–H groups in total. The summed E-state index contributed by atoms with van der Waals surface area (Å²) in [5.74, 6) is 0.838. The minimum absolute atomic E-state index is 0.360. The molecular formula is C12H18FNO. The van der Waals surface area contributed by atoms with Crippen molar-refractivity contribution in [2.45, 2.75) is 26.1 Å². The molecule has 0 bridgehead atoms. The Labute approximate surface area is 90.4 Å². The van der Waals surface area contributed by atoms with Gasteiger partial charge in [-0.1, -0.05) is 12.1 Å². The molecule has 1 aromatic carbocycles. The van der Waals surface area contributed by atoms with Gasteiger partial charge in [0.05, 0.1) is 7.11 Å². The molecular weight excluding hydrogens is 193 g/mol. The van der Waals surface area contributed by atoms with E-state index < -0.39 is 5.67 Å². The number of halogens is 1. The molecule has 0 saturated heterocycles. The molecule has 2 nitrogen and oxygen atoms in total. The molecule has 0 atom stereocenters. The van der Waals surface area contributed by atoms with E-state index in [0.717, 1.165) is 11.3 Å². The molecule has 0 aliphatic rings. The first-order valence-electron chi connectivity index (χ1n) is 5.04. The molecule has 84 valence electrons. The van der Waals surface area contributed by atoms with Crippen molar-refractivity contribution in [3.63, 3.8) is 0 Å². The minimum Gasteiger partial charge on any atom is -0.497 e. The molecule has 0 spiro atoms. The van der Waals surface area contributed by atoms with Gasteiger partial charge in [-0.2, -0.15) is 0 Å². The second kappa shape index (κ2) is 5.12. The van der Waals surface area contributed by atoms with Crippen LogP contribution in [-0.4, -0.2) is 19.3 Å². The van der Waals surface area contributed by atoms with E-state index in [9.17, 15) is 4.39 Å². The highest BCUT2D eigenvalue weighted by Crippen LogP contribution is 2.11. The summed E-state index contributed by atoms with van der Waals surface area (Å²) < 4.78 is 18.2. The van der Waals surface area contributed by atoms with Gasteiger partial charge < -0.3 is 10.1 Å². The zero-order valence-corrected chi connectivity index (χ0v) is 9.51. The Morgan fingerprint density at radius 1 is 1.27 bits per heavy atom. The molecule has 0 unspecified atom stereocenters. The Bertz CT molecular complexity index is 289. The van der Waals surface area contributed by atoms with E-state index in [1.807, 2.05) is 24.3 Å². The van der Waals surface area contributed by atoms with Crippen molar-refractivity contribution in [3.8, 4) is 5.75 Å². The third-order valence-electron chi connectivity index (χ3n) is 2.03. The van der Waals surface area contributed by atoms with Gasteiger partial charge in [-0.3, -0.25) is 0 Å². The summed E-state index contributed by atoms with van der Waals surface area (Å²) in [6.07, 6.45) is 0. The van der Waals surface area contributed by atoms with Crippen LogP contribution in [0.3, 0.4) is 0 Å². The second-order valence-electron chi connectivity index (χ2n) is 4.17. The highest BCUT2D eigenvalue weighted by Gasteiger charge is 2.13. The van der Waals surface area contributed by atoms with Crippen LogP contribution < -0.4 is 10.1 Å². The molecule has 0 aliphatic carbocycles. The largest absolute Gasteiger partial charge is 0.497 e. The van der Waals surface area contributed by atoms with Crippen LogP contribution in [0.1, 0.15) is 19.4 Å². The standard InChI is InChI=1S/C12H18FNO/c1-12(2,13)9-14-8-10-4-6-11(15-3)7-5-10/h4-7,14H,8-9H2,1-3H3. The Morgan fingerprint density at radius 3 is 2.33 bits per heavy atom. The van der Waals surface area contributed by atoms with E-state index in [-0.39, 0.29) is 0 Å². The molecule has 15 heavy (non-hydrogen) atoms. The van der Waals surface area contributed by atoms with Gasteiger partial charge >= 0.3 is 0 Å². The summed E-state index contributed by atoms with van der Waals surface area (Å²) in [4.78, 5) is 0. The van der Waals surface area contributed by atoms with Gasteiger partial charge in [0.15, 0.2) is 0 Å². The molecule has 0 aliphatic heterocycles. The van der Waals surface area contributed by atoms with E-state index in [4.69, 9.17) is 4.74 Å². The number of methoxy groups -OCH3 is 1. The third kappa shape index (κ3) is 4.79. The molecule has 0 amide bonds. The van der Waals surface area contributed by atoms with Crippen LogP contribution in [0, 0.1) is 0 Å². The Morgan fingerprint density at radius 2 is 1.87 bits per heavy atom. The van der Waals surface area contributed by atoms with Crippen LogP contribution in [0.15, 0.2) is 24.3 Å². The zero-order valence-electron chi connectivity index (χ0n) is 9.51. The van der Waals surface area contributed by atoms with Gasteiger partial charge in [0.1, 0.15) is 11.4 Å². The molecule has 0 fully saturated rings. The molecule has 3 heteroatoms. The minimum atomic E-state index is -1.16. The van der Waals surface area contributed by atoms with Gasteiger partial charge in [0, 0.05) is 13.1 Å². The lowest BCUT2D eigenvalue weighted by atomic mass is 10.1. The van der Waals surface area contributed by atoms with E-state index in [2.05, 4.69) is 5.32 Å². The van der Waals surface area contributed by atoms with Crippen molar-refractivity contribution in [3.05, 3.63) is 29.8 Å². The quantitative estimate of drug-likeness (QED) is 0.808. The fraction of sp³-hybridized carbons (Fsp3) is 0.500. The highest BCUT2D eigenvalue weighted by atomic mass is 19.1. The fourth-order valence-electron chi connectivity index (χ4n) is 1.25. The highest BCUT2D eigenvalue weighted by molar-refractivity contribution is 5.26. The monoisotopic (exact) mass is 211 g/mol. The molecule has 0 heterocycles. The molecule has 1 rings (SSSR count). The summed E-state index contributed by atoms with van der Waals surface area (Å²) in [7, 11) is 1.64. The summed E-state index contributed by atoms with van der Waals surface area (Å²) in [6.45, 7) is 4.17. The van der Waals surface area contributed by atoms with Crippen LogP contribution in [0.4, 0.5) is 4.39 Å². The SMILES string of the molecule is COc1ccc(CNCC(C)(C)F)cc1. The van der Waals surface area contributed by atoms with Gasteiger partial charge in [0.2, 0.25) is 0 Å². The average molecular weight is 211 g/mol. The van der Waals surface area contributed by atoms with E-state index in [0.29, 0.717) is 13.1 Å². The van der Waals surface area contributed by atoms with Crippen molar-refractivity contribution in [1.29, 1.82) is 0 Å². The molecule has 0 saturated carbocycles. The smallest absolute Gasteiger partial charge is 0.118 e. The molecule has 0 aromatic heterocycles. The maximum atomic E-state index is 13.1. The summed E-state index contributed by atoms with van der Waals surface area (Å²) in [5, 5.41) is 3.06. The number of hydrogen-bond acceptors (Lipinski definition) is 2. The Hall–Kier alpha value is -1.09. The van der Waals surface area contributed by atoms with Crippen molar-refractivity contribution in [2.24, 2.45) is 0 Å². The van der Waals surface area contributed by atoms with Crippen molar-refractivity contribution < 1.29 is 9.13 Å². The Kier molecular flexibility index (Phi) is 4.09. The van der Waals surface area contributed by atoms with Crippen LogP contribution in [0.2, 0.25) is 0 Å². The zero-order chi connectivity index (χ0) is 11.3. The van der Waals surface area contributed by atoms with Crippen molar-refractivity contribution in [2.75, 3.05) is 13.7 Å². The fourth-order valence-corrected chi connectivity index (χ4v) is 1.25. The van der Waals surface area contributed by atoms with Gasteiger partial charge in [-0.25, -0.2) is 4.39 Å². The molecule has 0 radical (unpaired) electrons. The summed E-state index contributed by atoms with van der Waals surface area (Å²) >= 11 is 0. The first-order chi connectivity index (χ1) is 7.01. The van der Waals surface area contributed by atoms with E-state index in [1.54, 1.807) is 21.0 Å². The first-order valence-corrected chi connectivity index (χ1v) is 5.04. The third-order valence-corrected chi connectivity index (χ3v) is 2.03. The van der Waals surface area contributed by atoms with Gasteiger partial charge in [-0.05, 0) is 31.5 Å². The normalized spacial score (nSPS) is 11.5. The summed E-state index contributed by atoms with van der Waals surface area (Å²) in [6, 6.07) is 7.74. The number of rotatable bonds is 5. The van der Waals surface area contributed by atoms with Gasteiger partial charge in [-0.15, -0.1) is 0 Å². The predicted octanol–water partition coefficient (Wildman–Crippen LogP) is 2.53. The van der Waals surface area contributed by atoms with Crippen molar-refractivity contribution in [1.82, 2.24) is 5.32 Å². The van der Waals surface area contributed by atoms with Crippen LogP contribution >= 0.6 is 0 Å². The Balaban J connectivity index is 2.38. The maximum Gasteiger partial charge on any atom is 0.118 e. The lowest BCUT2D eigenvalue weighted by molar-refractivity contribution is 0.210. The first kappa shape index (κ1) is 12.0. The van der Waals surface area contributed by atoms with E-state index >= 15 is 0 Å². The van der Waals surface area contributed by atoms with Crippen molar-refractivity contribution >= 4 is 0 Å². The number of nitrogens with one attached hydrogen (secondary N) is 1. The predicted molar refractivity (Wildman–Crippen MR) is 59.9 cm³/mol. The number of benzene rings is 1. The number of hydrogen-bond donors (Lipinski definition) is 1. The second-order valence-corrected chi connectivity index (χ2v) is 4.17. The lowest BCUT2D eigenvalue weighted by Crippen LogP contribution is -2.30. The molecule has 1 aromatic rings. The summed E-state index contributed by atoms with van der Waals surface area (Å²) in [5.41, 5.74) is -0.0352. The number of alkyl halides is 1. The lowest BCUT2D eigenvalue weighted by Gasteiger charge is -2.14. The van der Waals surface area contributed by atoms with Gasteiger partial charge in [0.25, 0.3) is 0 Å². The number of ether oxygens (including phenoxy) is 1.